The fraction of sp³-hybridized carbons (Fsp3) is 0.952. The number of aliphatic hydroxyl groups excluding tert-OH is 3. The van der Waals surface area contributed by atoms with Gasteiger partial charge in [-0.15, -0.1) is 0 Å². The van der Waals surface area contributed by atoms with Crippen LogP contribution in [0.15, 0.2) is 0 Å². The zero-order valence-electron chi connectivity index (χ0n) is 17.4. The van der Waals surface area contributed by atoms with E-state index >= 15 is 0 Å². The summed E-state index contributed by atoms with van der Waals surface area (Å²) in [6.07, 6.45) is 2.04. The zero-order valence-corrected chi connectivity index (χ0v) is 17.4. The minimum absolute atomic E-state index is 0.0162. The molecular formula is C21H39NO4. The van der Waals surface area contributed by atoms with E-state index in [4.69, 9.17) is 0 Å². The molecule has 0 aromatic heterocycles. The first-order valence-electron chi connectivity index (χ1n) is 10.1. The summed E-state index contributed by atoms with van der Waals surface area (Å²) in [5.74, 6) is -0.0630. The molecule has 2 aliphatic rings. The van der Waals surface area contributed by atoms with Crippen LogP contribution in [0.4, 0.5) is 0 Å². The molecule has 1 amide bonds. The molecule has 4 N–H and O–H groups in total. The molecule has 152 valence electrons. The van der Waals surface area contributed by atoms with Gasteiger partial charge in [0.1, 0.15) is 0 Å². The third-order valence-electron chi connectivity index (χ3n) is 7.79. The van der Waals surface area contributed by atoms with E-state index in [0.717, 1.165) is 12.8 Å². The maximum Gasteiger partial charge on any atom is 0.220 e. The van der Waals surface area contributed by atoms with Gasteiger partial charge in [0.25, 0.3) is 0 Å². The topological polar surface area (TPSA) is 89.8 Å². The summed E-state index contributed by atoms with van der Waals surface area (Å²) in [7, 11) is 0. The summed E-state index contributed by atoms with van der Waals surface area (Å²) < 4.78 is 0. The van der Waals surface area contributed by atoms with Gasteiger partial charge in [-0.05, 0) is 55.3 Å². The summed E-state index contributed by atoms with van der Waals surface area (Å²) in [6, 6.07) is 0.0511. The maximum absolute atomic E-state index is 12.7. The van der Waals surface area contributed by atoms with E-state index in [0.29, 0.717) is 19.3 Å². The summed E-state index contributed by atoms with van der Waals surface area (Å²) in [6.45, 7) is 12.3. The Bertz CT molecular complexity index is 517. The number of carbonyl (C=O) groups is 1. The van der Waals surface area contributed by atoms with E-state index in [1.165, 1.54) is 0 Å². The lowest BCUT2D eigenvalue weighted by Crippen LogP contribution is -2.60. The average molecular weight is 370 g/mol. The van der Waals surface area contributed by atoms with Crippen molar-refractivity contribution in [2.24, 2.45) is 28.1 Å². The van der Waals surface area contributed by atoms with Crippen molar-refractivity contribution < 1.29 is 20.1 Å². The van der Waals surface area contributed by atoms with E-state index in [1.807, 2.05) is 13.8 Å². The normalized spacial score (nSPS) is 42.0. The third-order valence-corrected chi connectivity index (χ3v) is 7.79. The van der Waals surface area contributed by atoms with Crippen LogP contribution < -0.4 is 5.32 Å². The lowest BCUT2D eigenvalue weighted by molar-refractivity contribution is -0.186. The predicted octanol–water partition coefficient (Wildman–Crippen LogP) is 2.47. The molecule has 5 nitrogen and oxygen atoms in total. The lowest BCUT2D eigenvalue weighted by Gasteiger charge is -2.60. The molecule has 0 bridgehead atoms. The second kappa shape index (κ2) is 7.40. The summed E-state index contributed by atoms with van der Waals surface area (Å²) in [4.78, 5) is 12.7. The van der Waals surface area contributed by atoms with Crippen LogP contribution in [0, 0.1) is 28.1 Å². The number of carbonyl (C=O) groups excluding carboxylic acids is 1. The van der Waals surface area contributed by atoms with Gasteiger partial charge in [0, 0.05) is 17.9 Å². The van der Waals surface area contributed by atoms with Gasteiger partial charge in [-0.1, -0.05) is 34.6 Å². The van der Waals surface area contributed by atoms with Gasteiger partial charge in [-0.25, -0.2) is 0 Å². The standard InChI is InChI=1S/C21H39NO4/c1-13(19(2,3)4)22-18(26)11-14-15(24)7-8-16-20(14,5)10-9-17(25)21(16,6)12-23/h13-17,23-25H,7-12H2,1-6H3,(H,22,26). The Morgan fingerprint density at radius 1 is 1.19 bits per heavy atom. The van der Waals surface area contributed by atoms with Crippen molar-refractivity contribution in [1.29, 1.82) is 0 Å². The third kappa shape index (κ3) is 3.81. The first-order valence-corrected chi connectivity index (χ1v) is 10.1. The maximum atomic E-state index is 12.7. The molecule has 0 saturated heterocycles. The summed E-state index contributed by atoms with van der Waals surface area (Å²) >= 11 is 0. The number of hydrogen-bond acceptors (Lipinski definition) is 4. The van der Waals surface area contributed by atoms with Crippen LogP contribution in [-0.4, -0.2) is 46.1 Å². The molecule has 0 heterocycles. The molecule has 0 aromatic rings. The molecule has 2 saturated carbocycles. The Kier molecular flexibility index (Phi) is 6.16. The van der Waals surface area contributed by atoms with Gasteiger partial charge in [0.2, 0.25) is 5.91 Å². The fourth-order valence-electron chi connectivity index (χ4n) is 5.32. The van der Waals surface area contributed by atoms with Crippen LogP contribution in [0.5, 0.6) is 0 Å². The van der Waals surface area contributed by atoms with Crippen LogP contribution in [0.3, 0.4) is 0 Å². The Morgan fingerprint density at radius 2 is 1.81 bits per heavy atom. The van der Waals surface area contributed by atoms with Crippen LogP contribution in [0.25, 0.3) is 0 Å². The molecular weight excluding hydrogens is 330 g/mol. The molecule has 26 heavy (non-hydrogen) atoms. The molecule has 0 spiro atoms. The first-order chi connectivity index (χ1) is 11.9. The molecule has 2 fully saturated rings. The van der Waals surface area contributed by atoms with Crippen LogP contribution >= 0.6 is 0 Å². The smallest absolute Gasteiger partial charge is 0.220 e. The monoisotopic (exact) mass is 369 g/mol. The highest BCUT2D eigenvalue weighted by atomic mass is 16.3. The molecule has 2 aliphatic carbocycles. The largest absolute Gasteiger partial charge is 0.396 e. The van der Waals surface area contributed by atoms with E-state index in [1.54, 1.807) is 0 Å². The highest BCUT2D eigenvalue weighted by Crippen LogP contribution is 2.60. The SMILES string of the molecule is CC(NC(=O)CC1C(O)CCC2C(C)(CO)C(O)CCC12C)C(C)(C)C. The number of fused-ring (bicyclic) bond motifs is 1. The minimum Gasteiger partial charge on any atom is -0.396 e. The van der Waals surface area contributed by atoms with Crippen LogP contribution in [0.2, 0.25) is 0 Å². The van der Waals surface area contributed by atoms with Crippen molar-refractivity contribution >= 4 is 5.91 Å². The van der Waals surface area contributed by atoms with E-state index in [-0.39, 0.29) is 41.2 Å². The van der Waals surface area contributed by atoms with E-state index in [2.05, 4.69) is 33.0 Å². The highest BCUT2D eigenvalue weighted by Gasteiger charge is 2.59. The quantitative estimate of drug-likeness (QED) is 0.613. The predicted molar refractivity (Wildman–Crippen MR) is 102 cm³/mol. The van der Waals surface area contributed by atoms with Gasteiger partial charge in [0.15, 0.2) is 0 Å². The second-order valence-electron chi connectivity index (χ2n) is 10.4. The molecule has 0 radical (unpaired) electrons. The molecule has 7 unspecified atom stereocenters. The van der Waals surface area contributed by atoms with Crippen molar-refractivity contribution in [2.45, 2.75) is 91.9 Å². The van der Waals surface area contributed by atoms with E-state index in [9.17, 15) is 20.1 Å². The highest BCUT2D eigenvalue weighted by molar-refractivity contribution is 5.76. The van der Waals surface area contributed by atoms with E-state index < -0.39 is 17.6 Å². The van der Waals surface area contributed by atoms with Gasteiger partial charge >= 0.3 is 0 Å². The van der Waals surface area contributed by atoms with Crippen LogP contribution in [-0.2, 0) is 4.79 Å². The zero-order chi connectivity index (χ0) is 19.9. The van der Waals surface area contributed by atoms with Crippen molar-refractivity contribution in [3.8, 4) is 0 Å². The average Bonchev–Trinajstić information content (AvgIpc) is 2.54. The number of nitrogens with one attached hydrogen (secondary N) is 1. The minimum atomic E-state index is -0.569. The van der Waals surface area contributed by atoms with Gasteiger partial charge in [-0.3, -0.25) is 4.79 Å². The summed E-state index contributed by atoms with van der Waals surface area (Å²) in [5, 5.41) is 34.4. The van der Waals surface area contributed by atoms with Crippen molar-refractivity contribution in [2.75, 3.05) is 6.61 Å². The van der Waals surface area contributed by atoms with Gasteiger partial charge in [-0.2, -0.15) is 0 Å². The molecule has 2 rings (SSSR count). The molecule has 0 aliphatic heterocycles. The molecule has 5 heteroatoms. The molecule has 7 atom stereocenters. The Balaban J connectivity index is 2.20. The fourth-order valence-corrected chi connectivity index (χ4v) is 5.32. The van der Waals surface area contributed by atoms with Crippen molar-refractivity contribution in [1.82, 2.24) is 5.32 Å². The summed E-state index contributed by atoms with van der Waals surface area (Å²) in [5.41, 5.74) is -0.838. The number of hydrogen-bond donors (Lipinski definition) is 4. The Hall–Kier alpha value is -0.650. The lowest BCUT2D eigenvalue weighted by atomic mass is 9.46. The first kappa shape index (κ1) is 21.6. The number of aliphatic hydroxyl groups is 3. The van der Waals surface area contributed by atoms with Crippen molar-refractivity contribution in [3.05, 3.63) is 0 Å². The Morgan fingerprint density at radius 3 is 2.35 bits per heavy atom. The molecule has 0 aromatic carbocycles. The van der Waals surface area contributed by atoms with Crippen molar-refractivity contribution in [3.63, 3.8) is 0 Å². The number of amides is 1. The van der Waals surface area contributed by atoms with Gasteiger partial charge < -0.3 is 20.6 Å². The Labute approximate surface area is 158 Å². The number of rotatable bonds is 4. The second-order valence-corrected chi connectivity index (χ2v) is 10.4. The van der Waals surface area contributed by atoms with Gasteiger partial charge in [0.05, 0.1) is 18.8 Å². The van der Waals surface area contributed by atoms with Crippen LogP contribution in [0.1, 0.15) is 73.6 Å².